The molecule has 0 saturated carbocycles. The molecule has 0 aliphatic rings. The van der Waals surface area contributed by atoms with Gasteiger partial charge in [0.05, 0.1) is 6.54 Å². The topological polar surface area (TPSA) is 21.3 Å². The zero-order valence-electron chi connectivity index (χ0n) is 15.7. The first-order valence-electron chi connectivity index (χ1n) is 9.11. The van der Waals surface area contributed by atoms with E-state index in [2.05, 4.69) is 82.4 Å². The van der Waals surface area contributed by atoms with Crippen LogP contribution < -0.4 is 10.1 Å². The monoisotopic (exact) mass is 325 g/mol. The van der Waals surface area contributed by atoms with E-state index in [0.717, 1.165) is 25.1 Å². The molecule has 0 spiro atoms. The fourth-order valence-electron chi connectivity index (χ4n) is 2.97. The molecule has 2 nitrogen and oxygen atoms in total. The average molecular weight is 325 g/mol. The predicted octanol–water partition coefficient (Wildman–Crippen LogP) is 6.09. The molecule has 2 atom stereocenters. The van der Waals surface area contributed by atoms with Crippen molar-refractivity contribution in [3.8, 4) is 5.75 Å². The molecule has 24 heavy (non-hydrogen) atoms. The van der Waals surface area contributed by atoms with Crippen molar-refractivity contribution in [3.63, 3.8) is 0 Å². The van der Waals surface area contributed by atoms with Gasteiger partial charge in [-0.05, 0) is 67.5 Å². The number of nitrogens with one attached hydrogen (secondary N) is 1. The smallest absolute Gasteiger partial charge is 0.123 e. The average Bonchev–Trinajstić information content (AvgIpc) is 2.57. The van der Waals surface area contributed by atoms with Gasteiger partial charge < -0.3 is 10.1 Å². The number of benzene rings is 2. The third-order valence-corrected chi connectivity index (χ3v) is 4.57. The van der Waals surface area contributed by atoms with Gasteiger partial charge >= 0.3 is 0 Å². The van der Waals surface area contributed by atoms with Crippen LogP contribution in [-0.2, 0) is 0 Å². The van der Waals surface area contributed by atoms with Crippen LogP contribution in [0.25, 0.3) is 0 Å². The van der Waals surface area contributed by atoms with E-state index in [-0.39, 0.29) is 6.10 Å². The SMILES string of the molecule is CC[C@@H](CNc1cc(C)cc(C)c1)Oc1ccccc1[C@@H](C)CC. The number of anilines is 1. The molecule has 0 aromatic heterocycles. The van der Waals surface area contributed by atoms with Crippen LogP contribution in [0.5, 0.6) is 5.75 Å². The van der Waals surface area contributed by atoms with E-state index in [1.807, 2.05) is 0 Å². The minimum atomic E-state index is 0.163. The van der Waals surface area contributed by atoms with Crippen LogP contribution in [0.1, 0.15) is 56.2 Å². The molecule has 0 aliphatic heterocycles. The minimum Gasteiger partial charge on any atom is -0.488 e. The molecular weight excluding hydrogens is 294 g/mol. The summed E-state index contributed by atoms with van der Waals surface area (Å²) >= 11 is 0. The van der Waals surface area contributed by atoms with Gasteiger partial charge in [0.25, 0.3) is 0 Å². The summed E-state index contributed by atoms with van der Waals surface area (Å²) in [5.74, 6) is 1.55. The Balaban J connectivity index is 2.05. The van der Waals surface area contributed by atoms with E-state index in [0.29, 0.717) is 5.92 Å². The summed E-state index contributed by atoms with van der Waals surface area (Å²) in [5.41, 5.74) is 5.05. The second-order valence-electron chi connectivity index (χ2n) is 6.75. The maximum Gasteiger partial charge on any atom is 0.123 e. The highest BCUT2D eigenvalue weighted by Gasteiger charge is 2.14. The lowest BCUT2D eigenvalue weighted by Gasteiger charge is -2.22. The van der Waals surface area contributed by atoms with Crippen LogP contribution in [0.4, 0.5) is 5.69 Å². The van der Waals surface area contributed by atoms with E-state index in [1.165, 1.54) is 22.4 Å². The first-order valence-corrected chi connectivity index (χ1v) is 9.11. The second-order valence-corrected chi connectivity index (χ2v) is 6.75. The molecule has 2 aromatic carbocycles. The third-order valence-electron chi connectivity index (χ3n) is 4.57. The Bertz CT molecular complexity index is 630. The molecule has 0 unspecified atom stereocenters. The van der Waals surface area contributed by atoms with Gasteiger partial charge in [0.1, 0.15) is 11.9 Å². The zero-order valence-corrected chi connectivity index (χ0v) is 15.7. The minimum absolute atomic E-state index is 0.163. The molecule has 0 amide bonds. The van der Waals surface area contributed by atoms with E-state index >= 15 is 0 Å². The molecule has 2 aromatic rings. The van der Waals surface area contributed by atoms with Gasteiger partial charge in [0.15, 0.2) is 0 Å². The van der Waals surface area contributed by atoms with Crippen LogP contribution in [0.2, 0.25) is 0 Å². The highest BCUT2D eigenvalue weighted by Crippen LogP contribution is 2.29. The number of hydrogen-bond acceptors (Lipinski definition) is 2. The lowest BCUT2D eigenvalue weighted by molar-refractivity contribution is 0.207. The van der Waals surface area contributed by atoms with Crippen molar-refractivity contribution in [2.24, 2.45) is 0 Å². The standard InChI is InChI=1S/C22H31NO/c1-6-18(5)21-10-8-9-11-22(21)24-20(7-2)15-23-19-13-16(3)12-17(4)14-19/h8-14,18,20,23H,6-7,15H2,1-5H3/t18-,20-/m0/s1. The first-order chi connectivity index (χ1) is 11.5. The maximum atomic E-state index is 6.34. The Hall–Kier alpha value is -1.96. The normalized spacial score (nSPS) is 13.4. The van der Waals surface area contributed by atoms with Crippen LogP contribution in [0.3, 0.4) is 0 Å². The maximum absolute atomic E-state index is 6.34. The van der Waals surface area contributed by atoms with E-state index in [4.69, 9.17) is 4.74 Å². The van der Waals surface area contributed by atoms with Crippen molar-refractivity contribution in [1.82, 2.24) is 0 Å². The molecule has 0 heterocycles. The highest BCUT2D eigenvalue weighted by atomic mass is 16.5. The lowest BCUT2D eigenvalue weighted by Crippen LogP contribution is -2.26. The summed E-state index contributed by atoms with van der Waals surface area (Å²) in [6, 6.07) is 15.0. The summed E-state index contributed by atoms with van der Waals surface area (Å²) in [6.07, 6.45) is 2.26. The lowest BCUT2D eigenvalue weighted by atomic mass is 9.98. The molecule has 1 N–H and O–H groups in total. The van der Waals surface area contributed by atoms with Gasteiger partial charge in [-0.3, -0.25) is 0 Å². The summed E-state index contributed by atoms with van der Waals surface area (Å²) < 4.78 is 6.34. The Morgan fingerprint density at radius 3 is 2.25 bits per heavy atom. The summed E-state index contributed by atoms with van der Waals surface area (Å²) in [7, 11) is 0. The number of rotatable bonds is 8. The van der Waals surface area contributed by atoms with E-state index in [9.17, 15) is 0 Å². The molecule has 0 fully saturated rings. The Kier molecular flexibility index (Phi) is 6.72. The Labute approximate surface area is 147 Å². The van der Waals surface area contributed by atoms with Crippen molar-refractivity contribution in [2.45, 2.75) is 59.5 Å². The van der Waals surface area contributed by atoms with Gasteiger partial charge in [-0.2, -0.15) is 0 Å². The molecule has 2 rings (SSSR count). The predicted molar refractivity (Wildman–Crippen MR) is 104 cm³/mol. The molecular formula is C22H31NO. The van der Waals surface area contributed by atoms with Crippen molar-refractivity contribution < 1.29 is 4.74 Å². The van der Waals surface area contributed by atoms with Crippen LogP contribution in [-0.4, -0.2) is 12.6 Å². The van der Waals surface area contributed by atoms with Gasteiger partial charge in [0.2, 0.25) is 0 Å². The first kappa shape index (κ1) is 18.4. The Morgan fingerprint density at radius 1 is 0.958 bits per heavy atom. The zero-order chi connectivity index (χ0) is 17.5. The number of aryl methyl sites for hydroxylation is 2. The van der Waals surface area contributed by atoms with E-state index in [1.54, 1.807) is 0 Å². The summed E-state index contributed by atoms with van der Waals surface area (Å²) in [5, 5.41) is 3.54. The van der Waals surface area contributed by atoms with Gasteiger partial charge in [0, 0.05) is 5.69 Å². The highest BCUT2D eigenvalue weighted by molar-refractivity contribution is 5.48. The number of para-hydroxylation sites is 1. The van der Waals surface area contributed by atoms with Crippen LogP contribution >= 0.6 is 0 Å². The molecule has 0 aliphatic carbocycles. The molecule has 0 bridgehead atoms. The fraction of sp³-hybridized carbons (Fsp3) is 0.455. The van der Waals surface area contributed by atoms with Crippen molar-refractivity contribution in [2.75, 3.05) is 11.9 Å². The Morgan fingerprint density at radius 2 is 1.62 bits per heavy atom. The quantitative estimate of drug-likeness (QED) is 0.634. The van der Waals surface area contributed by atoms with Gasteiger partial charge in [-0.25, -0.2) is 0 Å². The van der Waals surface area contributed by atoms with Crippen molar-refractivity contribution >= 4 is 5.69 Å². The molecule has 2 heteroatoms. The summed E-state index contributed by atoms with van der Waals surface area (Å²) in [4.78, 5) is 0. The third kappa shape index (κ3) is 5.02. The molecule has 130 valence electrons. The van der Waals surface area contributed by atoms with Crippen LogP contribution in [0, 0.1) is 13.8 Å². The second kappa shape index (κ2) is 8.77. The van der Waals surface area contributed by atoms with Gasteiger partial charge in [-0.15, -0.1) is 0 Å². The fourth-order valence-corrected chi connectivity index (χ4v) is 2.97. The van der Waals surface area contributed by atoms with E-state index < -0.39 is 0 Å². The van der Waals surface area contributed by atoms with Crippen LogP contribution in [0.15, 0.2) is 42.5 Å². The number of ether oxygens (including phenoxy) is 1. The number of hydrogen-bond donors (Lipinski definition) is 1. The molecule has 0 radical (unpaired) electrons. The van der Waals surface area contributed by atoms with Crippen molar-refractivity contribution in [3.05, 3.63) is 59.2 Å². The molecule has 0 saturated heterocycles. The largest absolute Gasteiger partial charge is 0.488 e. The summed E-state index contributed by atoms with van der Waals surface area (Å²) in [6.45, 7) is 11.7. The van der Waals surface area contributed by atoms with Gasteiger partial charge in [-0.1, -0.05) is 45.0 Å². The van der Waals surface area contributed by atoms with Crippen molar-refractivity contribution in [1.29, 1.82) is 0 Å².